The zero-order valence-corrected chi connectivity index (χ0v) is 9.84. The van der Waals surface area contributed by atoms with Gasteiger partial charge in [0.1, 0.15) is 0 Å². The third-order valence-corrected chi connectivity index (χ3v) is 2.28. The van der Waals surface area contributed by atoms with E-state index in [0.29, 0.717) is 6.54 Å². The molecule has 0 aliphatic heterocycles. The van der Waals surface area contributed by atoms with Crippen molar-refractivity contribution in [2.45, 2.75) is 40.5 Å². The smallest absolute Gasteiger partial charge is 0.310 e. The Bertz CT molecular complexity index is 172. The molecule has 0 saturated carbocycles. The van der Waals surface area contributed by atoms with E-state index in [4.69, 9.17) is 5.11 Å². The quantitative estimate of drug-likeness (QED) is 0.686. The zero-order valence-electron chi connectivity index (χ0n) is 9.84. The van der Waals surface area contributed by atoms with Gasteiger partial charge in [0, 0.05) is 6.54 Å². The normalized spacial score (nSPS) is 12.1. The number of hydrogen-bond acceptors (Lipinski definition) is 2. The fourth-order valence-corrected chi connectivity index (χ4v) is 1.53. The third-order valence-electron chi connectivity index (χ3n) is 2.28. The average Bonchev–Trinajstić information content (AvgIpc) is 2.04. The molecule has 0 saturated heterocycles. The van der Waals surface area contributed by atoms with E-state index in [1.807, 2.05) is 0 Å². The summed E-state index contributed by atoms with van der Waals surface area (Å²) < 4.78 is 0. The molecule has 1 N–H and O–H groups in total. The standard InChI is InChI=1S/C11H23NO2/c1-5-7-12(8-6-2)9-11(3,4)10(13)14/h5-9H2,1-4H3,(H,13,14). The van der Waals surface area contributed by atoms with Crippen LogP contribution in [0.25, 0.3) is 0 Å². The van der Waals surface area contributed by atoms with Gasteiger partial charge in [0.2, 0.25) is 0 Å². The summed E-state index contributed by atoms with van der Waals surface area (Å²) in [6, 6.07) is 0. The predicted octanol–water partition coefficient (Wildman–Crippen LogP) is 2.22. The van der Waals surface area contributed by atoms with E-state index >= 15 is 0 Å². The Morgan fingerprint density at radius 3 is 1.93 bits per heavy atom. The van der Waals surface area contributed by atoms with Gasteiger partial charge in [-0.15, -0.1) is 0 Å². The summed E-state index contributed by atoms with van der Waals surface area (Å²) in [4.78, 5) is 13.2. The van der Waals surface area contributed by atoms with E-state index in [0.717, 1.165) is 25.9 Å². The first-order valence-corrected chi connectivity index (χ1v) is 5.39. The summed E-state index contributed by atoms with van der Waals surface area (Å²) in [6.07, 6.45) is 2.16. The molecule has 3 nitrogen and oxygen atoms in total. The van der Waals surface area contributed by atoms with Crippen molar-refractivity contribution in [3.63, 3.8) is 0 Å². The van der Waals surface area contributed by atoms with E-state index in [-0.39, 0.29) is 0 Å². The van der Waals surface area contributed by atoms with Crippen molar-refractivity contribution in [1.29, 1.82) is 0 Å². The highest BCUT2D eigenvalue weighted by Gasteiger charge is 2.29. The van der Waals surface area contributed by atoms with Crippen molar-refractivity contribution >= 4 is 5.97 Å². The number of rotatable bonds is 7. The van der Waals surface area contributed by atoms with E-state index in [1.165, 1.54) is 0 Å². The van der Waals surface area contributed by atoms with Crippen LogP contribution in [-0.2, 0) is 4.79 Å². The molecular formula is C11H23NO2. The van der Waals surface area contributed by atoms with E-state index in [2.05, 4.69) is 18.7 Å². The van der Waals surface area contributed by atoms with Crippen LogP contribution in [0.1, 0.15) is 40.5 Å². The lowest BCUT2D eigenvalue weighted by atomic mass is 9.93. The molecule has 0 aromatic rings. The number of carboxylic acids is 1. The molecule has 0 amide bonds. The van der Waals surface area contributed by atoms with Gasteiger partial charge >= 0.3 is 5.97 Å². The van der Waals surface area contributed by atoms with Crippen molar-refractivity contribution in [2.75, 3.05) is 19.6 Å². The second kappa shape index (κ2) is 6.02. The second-order valence-electron chi connectivity index (χ2n) is 4.47. The first-order valence-electron chi connectivity index (χ1n) is 5.39. The molecule has 0 rings (SSSR count). The van der Waals surface area contributed by atoms with Gasteiger partial charge in [-0.05, 0) is 39.8 Å². The molecule has 0 fully saturated rings. The largest absolute Gasteiger partial charge is 0.481 e. The van der Waals surface area contributed by atoms with Crippen molar-refractivity contribution in [1.82, 2.24) is 4.90 Å². The summed E-state index contributed by atoms with van der Waals surface area (Å²) in [5, 5.41) is 9.00. The molecular weight excluding hydrogens is 178 g/mol. The lowest BCUT2D eigenvalue weighted by molar-refractivity contribution is -0.148. The fourth-order valence-electron chi connectivity index (χ4n) is 1.53. The second-order valence-corrected chi connectivity index (χ2v) is 4.47. The fraction of sp³-hybridized carbons (Fsp3) is 0.909. The molecule has 0 aromatic carbocycles. The SMILES string of the molecule is CCCN(CCC)CC(C)(C)C(=O)O. The first kappa shape index (κ1) is 13.4. The molecule has 0 radical (unpaired) electrons. The highest BCUT2D eigenvalue weighted by Crippen LogP contribution is 2.17. The number of aliphatic carboxylic acids is 1. The maximum absolute atomic E-state index is 10.9. The van der Waals surface area contributed by atoms with Crippen LogP contribution in [0, 0.1) is 5.41 Å². The van der Waals surface area contributed by atoms with Gasteiger partial charge in [-0.3, -0.25) is 4.79 Å². The maximum Gasteiger partial charge on any atom is 0.310 e. The summed E-state index contributed by atoms with van der Waals surface area (Å²) >= 11 is 0. The van der Waals surface area contributed by atoms with Crippen LogP contribution in [0.2, 0.25) is 0 Å². The monoisotopic (exact) mass is 201 g/mol. The minimum absolute atomic E-state index is 0.635. The van der Waals surface area contributed by atoms with Crippen LogP contribution in [0.4, 0.5) is 0 Å². The topological polar surface area (TPSA) is 40.5 Å². The van der Waals surface area contributed by atoms with Crippen LogP contribution in [0.15, 0.2) is 0 Å². The Kier molecular flexibility index (Phi) is 5.77. The van der Waals surface area contributed by atoms with Crippen LogP contribution in [0.5, 0.6) is 0 Å². The molecule has 0 aliphatic carbocycles. The molecule has 14 heavy (non-hydrogen) atoms. The number of hydrogen-bond donors (Lipinski definition) is 1. The molecule has 84 valence electrons. The third kappa shape index (κ3) is 4.61. The highest BCUT2D eigenvalue weighted by molar-refractivity contribution is 5.73. The van der Waals surface area contributed by atoms with Gasteiger partial charge in [0.25, 0.3) is 0 Å². The molecule has 0 bridgehead atoms. The van der Waals surface area contributed by atoms with Crippen LogP contribution < -0.4 is 0 Å². The summed E-state index contributed by atoms with van der Waals surface area (Å²) in [6.45, 7) is 10.4. The Morgan fingerprint density at radius 2 is 1.64 bits per heavy atom. The molecule has 0 spiro atoms. The van der Waals surface area contributed by atoms with E-state index in [1.54, 1.807) is 13.8 Å². The zero-order chi connectivity index (χ0) is 11.2. The Balaban J connectivity index is 4.19. The van der Waals surface area contributed by atoms with E-state index in [9.17, 15) is 4.79 Å². The Labute approximate surface area is 87.1 Å². The molecule has 0 unspecified atom stereocenters. The minimum atomic E-state index is -0.713. The lowest BCUT2D eigenvalue weighted by Crippen LogP contribution is -2.39. The van der Waals surface area contributed by atoms with Gasteiger partial charge in [0.05, 0.1) is 5.41 Å². The van der Waals surface area contributed by atoms with Crippen molar-refractivity contribution in [3.8, 4) is 0 Å². The van der Waals surface area contributed by atoms with Crippen LogP contribution in [-0.4, -0.2) is 35.6 Å². The Hall–Kier alpha value is -0.570. The minimum Gasteiger partial charge on any atom is -0.481 e. The number of nitrogens with zero attached hydrogens (tertiary/aromatic N) is 1. The lowest BCUT2D eigenvalue weighted by Gasteiger charge is -2.29. The van der Waals surface area contributed by atoms with Gasteiger partial charge in [0.15, 0.2) is 0 Å². The molecule has 0 atom stereocenters. The average molecular weight is 201 g/mol. The summed E-state index contributed by atoms with van der Waals surface area (Å²) in [5.74, 6) is -0.713. The molecule has 0 aliphatic rings. The maximum atomic E-state index is 10.9. The predicted molar refractivity (Wildman–Crippen MR) is 58.4 cm³/mol. The van der Waals surface area contributed by atoms with Crippen molar-refractivity contribution in [3.05, 3.63) is 0 Å². The van der Waals surface area contributed by atoms with Crippen molar-refractivity contribution < 1.29 is 9.90 Å². The van der Waals surface area contributed by atoms with Gasteiger partial charge in [-0.25, -0.2) is 0 Å². The van der Waals surface area contributed by atoms with Crippen molar-refractivity contribution in [2.24, 2.45) is 5.41 Å². The summed E-state index contributed by atoms with van der Waals surface area (Å²) in [5.41, 5.74) is -0.635. The van der Waals surface area contributed by atoms with E-state index < -0.39 is 11.4 Å². The molecule has 3 heteroatoms. The number of carbonyl (C=O) groups is 1. The van der Waals surface area contributed by atoms with Gasteiger partial charge in [-0.2, -0.15) is 0 Å². The Morgan fingerprint density at radius 1 is 1.21 bits per heavy atom. The van der Waals surface area contributed by atoms with Crippen LogP contribution in [0.3, 0.4) is 0 Å². The number of carboxylic acid groups (broad SMARTS) is 1. The summed E-state index contributed by atoms with van der Waals surface area (Å²) in [7, 11) is 0. The first-order chi connectivity index (χ1) is 6.44. The van der Waals surface area contributed by atoms with Crippen LogP contribution >= 0.6 is 0 Å². The highest BCUT2D eigenvalue weighted by atomic mass is 16.4. The molecule has 0 heterocycles. The molecule has 0 aromatic heterocycles. The van der Waals surface area contributed by atoms with Gasteiger partial charge in [-0.1, -0.05) is 13.8 Å². The van der Waals surface area contributed by atoms with Gasteiger partial charge < -0.3 is 10.0 Å².